The monoisotopic (exact) mass is 647 g/mol. The average molecular weight is 648 g/mol. The largest absolute Gasteiger partial charge is 0.416 e. The Morgan fingerprint density at radius 2 is 1.70 bits per heavy atom. The number of para-hydroxylation sites is 1. The van der Waals surface area contributed by atoms with Crippen molar-refractivity contribution in [1.82, 2.24) is 20.0 Å². The highest BCUT2D eigenvalue weighted by atomic mass is 19.4. The van der Waals surface area contributed by atoms with Crippen molar-refractivity contribution in [3.05, 3.63) is 125 Å². The Labute approximate surface area is 269 Å². The van der Waals surface area contributed by atoms with Gasteiger partial charge in [-0.25, -0.2) is 9.07 Å². The number of carbonyl (C=O) groups excluding carboxylic acids is 3. The number of nitrogens with zero attached hydrogens (tertiary/aromatic N) is 4. The molecule has 47 heavy (non-hydrogen) atoms. The van der Waals surface area contributed by atoms with Crippen LogP contribution < -0.4 is 10.2 Å². The van der Waals surface area contributed by atoms with Crippen LogP contribution in [0.2, 0.25) is 0 Å². The fourth-order valence-electron chi connectivity index (χ4n) is 5.65. The van der Waals surface area contributed by atoms with E-state index in [1.165, 1.54) is 46.2 Å². The van der Waals surface area contributed by atoms with E-state index in [-0.39, 0.29) is 18.0 Å². The first-order valence-electron chi connectivity index (χ1n) is 15.0. The number of nitrogens with one attached hydrogen (secondary N) is 1. The van der Waals surface area contributed by atoms with Gasteiger partial charge in [-0.05, 0) is 73.9 Å². The second kappa shape index (κ2) is 13.6. The molecule has 5 rings (SSSR count). The number of fused-ring (bicyclic) bond motifs is 1. The highest BCUT2D eigenvalue weighted by molar-refractivity contribution is 6.05. The highest BCUT2D eigenvalue weighted by Crippen LogP contribution is 2.44. The molecule has 2 atom stereocenters. The van der Waals surface area contributed by atoms with Gasteiger partial charge in [0.2, 0.25) is 5.91 Å². The van der Waals surface area contributed by atoms with Crippen LogP contribution in [0.1, 0.15) is 52.0 Å². The van der Waals surface area contributed by atoms with Crippen LogP contribution >= 0.6 is 0 Å². The maximum atomic E-state index is 14.3. The quantitative estimate of drug-likeness (QED) is 0.181. The smallest absolute Gasteiger partial charge is 0.345 e. The van der Waals surface area contributed by atoms with Gasteiger partial charge in [-0.15, -0.1) is 0 Å². The molecule has 1 N–H and O–H groups in total. The van der Waals surface area contributed by atoms with Gasteiger partial charge in [-0.1, -0.05) is 42.5 Å². The number of hydrogen-bond donors (Lipinski definition) is 1. The number of likely N-dealkylation sites (N-methyl/N-ethyl adjacent to an activating group) is 2. The Kier molecular flexibility index (Phi) is 9.59. The third-order valence-corrected chi connectivity index (χ3v) is 7.94. The number of halogens is 4. The molecule has 0 saturated carbocycles. The number of benzene rings is 3. The predicted octanol–water partition coefficient (Wildman–Crippen LogP) is 5.90. The summed E-state index contributed by atoms with van der Waals surface area (Å²) < 4.78 is 56.2. The van der Waals surface area contributed by atoms with E-state index in [9.17, 15) is 31.9 Å². The number of carbonyl (C=O) groups is 3. The molecule has 0 unspecified atom stereocenters. The Balaban J connectivity index is 1.66. The Bertz CT molecular complexity index is 1800. The molecule has 3 aromatic carbocycles. The summed E-state index contributed by atoms with van der Waals surface area (Å²) in [5.41, 5.74) is 1.07. The molecule has 8 nitrogen and oxygen atoms in total. The van der Waals surface area contributed by atoms with Gasteiger partial charge in [-0.2, -0.15) is 18.3 Å². The van der Waals surface area contributed by atoms with Crippen LogP contribution in [0.4, 0.5) is 23.4 Å². The van der Waals surface area contributed by atoms with Crippen LogP contribution in [0, 0.1) is 5.82 Å². The minimum Gasteiger partial charge on any atom is -0.345 e. The molecule has 2 heterocycles. The molecule has 1 aliphatic rings. The van der Waals surface area contributed by atoms with E-state index in [1.54, 1.807) is 31.8 Å². The number of allylic oxidation sites excluding steroid dienone is 1. The van der Waals surface area contributed by atoms with E-state index < -0.39 is 41.3 Å². The summed E-state index contributed by atoms with van der Waals surface area (Å²) in [6.07, 6.45) is -0.736. The lowest BCUT2D eigenvalue weighted by Gasteiger charge is -2.38. The van der Waals surface area contributed by atoms with Gasteiger partial charge in [0.1, 0.15) is 17.7 Å². The van der Waals surface area contributed by atoms with Gasteiger partial charge in [-0.3, -0.25) is 19.3 Å². The van der Waals surface area contributed by atoms with Crippen LogP contribution in [0.5, 0.6) is 0 Å². The Morgan fingerprint density at radius 1 is 1.00 bits per heavy atom. The molecule has 3 amide bonds. The van der Waals surface area contributed by atoms with Gasteiger partial charge in [0.15, 0.2) is 0 Å². The molecule has 4 aromatic rings. The Hall–Kier alpha value is -5.26. The summed E-state index contributed by atoms with van der Waals surface area (Å²) in [4.78, 5) is 42.9. The van der Waals surface area contributed by atoms with E-state index in [0.717, 1.165) is 18.2 Å². The van der Waals surface area contributed by atoms with Crippen LogP contribution in [0.25, 0.3) is 5.69 Å². The third kappa shape index (κ3) is 6.96. The molecule has 0 spiro atoms. The van der Waals surface area contributed by atoms with Crippen molar-refractivity contribution in [3.8, 4) is 5.69 Å². The molecule has 1 aliphatic heterocycles. The number of amides is 3. The number of hydrogen-bond acceptors (Lipinski definition) is 4. The molecule has 0 saturated heterocycles. The Morgan fingerprint density at radius 3 is 2.34 bits per heavy atom. The number of aromatic nitrogens is 2. The van der Waals surface area contributed by atoms with Gasteiger partial charge < -0.3 is 10.2 Å². The summed E-state index contributed by atoms with van der Waals surface area (Å²) in [6, 6.07) is 17.4. The second-order valence-electron chi connectivity index (χ2n) is 11.2. The molecule has 1 aromatic heterocycles. The fourth-order valence-corrected chi connectivity index (χ4v) is 5.65. The lowest BCUT2D eigenvalue weighted by Crippen LogP contribution is -2.55. The first-order chi connectivity index (χ1) is 22.4. The van der Waals surface area contributed by atoms with Crippen LogP contribution in [0.15, 0.2) is 91.0 Å². The minimum absolute atomic E-state index is 0.188. The summed E-state index contributed by atoms with van der Waals surface area (Å²) in [7, 11) is 3.28. The van der Waals surface area contributed by atoms with E-state index in [2.05, 4.69) is 5.32 Å². The zero-order valence-electron chi connectivity index (χ0n) is 26.0. The minimum atomic E-state index is -4.67. The van der Waals surface area contributed by atoms with Crippen molar-refractivity contribution in [1.29, 1.82) is 0 Å². The summed E-state index contributed by atoms with van der Waals surface area (Å²) in [6.45, 7) is 1.95. The van der Waals surface area contributed by atoms with Crippen LogP contribution in [-0.2, 0) is 22.2 Å². The summed E-state index contributed by atoms with van der Waals surface area (Å²) in [5.74, 6) is -2.49. The van der Waals surface area contributed by atoms with Crippen LogP contribution in [-0.4, -0.2) is 59.1 Å². The first-order valence-corrected chi connectivity index (χ1v) is 15.0. The normalized spacial score (nSPS) is 16.3. The molecule has 0 fully saturated rings. The summed E-state index contributed by atoms with van der Waals surface area (Å²) >= 11 is 0. The summed E-state index contributed by atoms with van der Waals surface area (Å²) in [5, 5.41) is 7.64. The standard InChI is InChI=1S/C35H33F4N5O3/c1-4-43-33-30(27(15-8-9-16-28(45)42(2)3)41-44(33)26-13-6-5-7-14-26)29(22-17-19-25(36)20-18-22)31(34(43)47)40-32(46)23-11-10-12-24(21-23)35(37,38)39/h5-7,9-14,16-21,29,31H,4,8,15H2,1-3H3,(H,40,46)/b16-9+/t29-,31-/m0/s1. The molecule has 0 radical (unpaired) electrons. The second-order valence-corrected chi connectivity index (χ2v) is 11.2. The van der Waals surface area contributed by atoms with Gasteiger partial charge in [0.25, 0.3) is 11.8 Å². The fraction of sp³-hybridized carbons (Fsp3) is 0.257. The van der Waals surface area contributed by atoms with E-state index in [1.807, 2.05) is 30.3 Å². The first kappa shape index (κ1) is 33.1. The van der Waals surface area contributed by atoms with Gasteiger partial charge in [0, 0.05) is 37.7 Å². The zero-order chi connectivity index (χ0) is 33.9. The number of anilines is 1. The number of alkyl halides is 3. The molecule has 0 bridgehead atoms. The van der Waals surface area contributed by atoms with Gasteiger partial charge in [0.05, 0.1) is 16.9 Å². The predicted molar refractivity (Wildman–Crippen MR) is 169 cm³/mol. The lowest BCUT2D eigenvalue weighted by atomic mass is 9.80. The molecule has 244 valence electrons. The molecular formula is C35H33F4N5O3. The van der Waals surface area contributed by atoms with E-state index >= 15 is 0 Å². The topological polar surface area (TPSA) is 87.5 Å². The third-order valence-electron chi connectivity index (χ3n) is 7.94. The van der Waals surface area contributed by atoms with Crippen molar-refractivity contribution in [2.24, 2.45) is 0 Å². The average Bonchev–Trinajstić information content (AvgIpc) is 3.42. The van der Waals surface area contributed by atoms with E-state index in [4.69, 9.17) is 5.10 Å². The van der Waals surface area contributed by atoms with Crippen molar-refractivity contribution >= 4 is 23.5 Å². The van der Waals surface area contributed by atoms with Crippen LogP contribution in [0.3, 0.4) is 0 Å². The molecule has 0 aliphatic carbocycles. The number of aryl methyl sites for hydroxylation is 1. The van der Waals surface area contributed by atoms with Crippen molar-refractivity contribution in [2.45, 2.75) is 37.9 Å². The zero-order valence-corrected chi connectivity index (χ0v) is 26.0. The highest BCUT2D eigenvalue weighted by Gasteiger charge is 2.46. The molecular weight excluding hydrogens is 614 g/mol. The van der Waals surface area contributed by atoms with Gasteiger partial charge >= 0.3 is 6.18 Å². The SMILES string of the molecule is CCN1C(=O)[C@@H](NC(=O)c2cccc(C(F)(F)F)c2)[C@@H](c2ccc(F)cc2)c2c(CC/C=C/C(=O)N(C)C)nn(-c3ccccc3)c21. The maximum absolute atomic E-state index is 14.3. The van der Waals surface area contributed by atoms with Crippen molar-refractivity contribution in [2.75, 3.05) is 25.5 Å². The van der Waals surface area contributed by atoms with Crippen molar-refractivity contribution < 1.29 is 31.9 Å². The van der Waals surface area contributed by atoms with Crippen molar-refractivity contribution in [3.63, 3.8) is 0 Å². The van der Waals surface area contributed by atoms with E-state index in [0.29, 0.717) is 41.2 Å². The number of rotatable bonds is 9. The molecule has 12 heteroatoms. The lowest BCUT2D eigenvalue weighted by molar-refractivity contribution is -0.137. The maximum Gasteiger partial charge on any atom is 0.416 e.